The van der Waals surface area contributed by atoms with Crippen molar-refractivity contribution in [3.05, 3.63) is 51.6 Å². The summed E-state index contributed by atoms with van der Waals surface area (Å²) in [6.45, 7) is 0. The maximum atomic E-state index is 11.2. The van der Waals surface area contributed by atoms with E-state index in [2.05, 4.69) is 20.9 Å². The van der Waals surface area contributed by atoms with Crippen LogP contribution in [-0.2, 0) is 12.8 Å². The van der Waals surface area contributed by atoms with E-state index in [-0.39, 0.29) is 5.56 Å². The summed E-state index contributed by atoms with van der Waals surface area (Å²) in [4.78, 5) is 15.7. The van der Waals surface area contributed by atoms with E-state index in [0.29, 0.717) is 16.1 Å². The van der Waals surface area contributed by atoms with Crippen LogP contribution in [0.2, 0.25) is 0 Å². The van der Waals surface area contributed by atoms with E-state index in [1.54, 1.807) is 18.2 Å². The van der Waals surface area contributed by atoms with Crippen molar-refractivity contribution in [1.82, 2.24) is 4.98 Å². The summed E-state index contributed by atoms with van der Waals surface area (Å²) < 4.78 is 6.34. The van der Waals surface area contributed by atoms with Gasteiger partial charge in [0.25, 0.3) is 0 Å². The van der Waals surface area contributed by atoms with Gasteiger partial charge in [-0.05, 0) is 43.0 Å². The lowest BCUT2D eigenvalue weighted by Crippen LogP contribution is -2.01. The second-order valence-corrected chi connectivity index (χ2v) is 5.57. The highest BCUT2D eigenvalue weighted by Gasteiger charge is 2.16. The Morgan fingerprint density at radius 3 is 2.90 bits per heavy atom. The molecule has 0 unspecified atom stereocenters. The molecule has 20 heavy (non-hydrogen) atoms. The first-order valence-electron chi connectivity index (χ1n) is 6.33. The molecule has 0 saturated carbocycles. The van der Waals surface area contributed by atoms with Crippen molar-refractivity contribution in [2.24, 2.45) is 0 Å². The third-order valence-electron chi connectivity index (χ3n) is 3.29. The third-order valence-corrected chi connectivity index (χ3v) is 3.78. The monoisotopic (exact) mass is 333 g/mol. The van der Waals surface area contributed by atoms with Gasteiger partial charge in [-0.25, -0.2) is 9.78 Å². The fourth-order valence-electron chi connectivity index (χ4n) is 2.33. The lowest BCUT2D eigenvalue weighted by atomic mass is 10.2. The largest absolute Gasteiger partial charge is 0.478 e. The van der Waals surface area contributed by atoms with E-state index in [1.807, 2.05) is 6.07 Å². The number of pyridine rings is 1. The number of ether oxygens (including phenoxy) is 1. The molecule has 1 aromatic heterocycles. The normalized spacial score (nSPS) is 13.1. The SMILES string of the molecule is O=C(O)c1cc(Br)ccc1Oc1ccc2c(n1)CCC2. The molecule has 0 radical (unpaired) electrons. The molecule has 0 spiro atoms. The maximum absolute atomic E-state index is 11.2. The Balaban J connectivity index is 1.93. The zero-order valence-electron chi connectivity index (χ0n) is 10.6. The number of carboxylic acids is 1. The quantitative estimate of drug-likeness (QED) is 0.927. The number of hydrogen-bond donors (Lipinski definition) is 1. The number of aryl methyl sites for hydroxylation is 2. The first-order valence-corrected chi connectivity index (χ1v) is 7.12. The van der Waals surface area contributed by atoms with Gasteiger partial charge in [-0.3, -0.25) is 0 Å². The summed E-state index contributed by atoms with van der Waals surface area (Å²) in [5.74, 6) is -0.288. The standard InChI is InChI=1S/C15H12BrNO3/c16-10-5-6-13(11(8-10)15(18)19)20-14-7-4-9-2-1-3-12(9)17-14/h4-8H,1-3H2,(H,18,19). The van der Waals surface area contributed by atoms with Crippen LogP contribution >= 0.6 is 15.9 Å². The van der Waals surface area contributed by atoms with Gasteiger partial charge < -0.3 is 9.84 Å². The molecule has 4 nitrogen and oxygen atoms in total. The fourth-order valence-corrected chi connectivity index (χ4v) is 2.69. The van der Waals surface area contributed by atoms with Crippen molar-refractivity contribution in [3.8, 4) is 11.6 Å². The Morgan fingerprint density at radius 2 is 2.10 bits per heavy atom. The zero-order chi connectivity index (χ0) is 14.1. The van der Waals surface area contributed by atoms with Crippen LogP contribution < -0.4 is 4.74 Å². The van der Waals surface area contributed by atoms with Crippen LogP contribution in [-0.4, -0.2) is 16.1 Å². The Labute approximate surface area is 124 Å². The molecular formula is C15H12BrNO3. The van der Waals surface area contributed by atoms with Crippen LogP contribution in [0.1, 0.15) is 28.0 Å². The molecule has 102 valence electrons. The van der Waals surface area contributed by atoms with Crippen molar-refractivity contribution in [2.75, 3.05) is 0 Å². The van der Waals surface area contributed by atoms with E-state index in [0.717, 1.165) is 25.0 Å². The molecule has 0 saturated heterocycles. The number of aromatic nitrogens is 1. The molecule has 5 heteroatoms. The molecule has 1 N–H and O–H groups in total. The number of rotatable bonds is 3. The fraction of sp³-hybridized carbons (Fsp3) is 0.200. The number of fused-ring (bicyclic) bond motifs is 1. The summed E-state index contributed by atoms with van der Waals surface area (Å²) in [6.07, 6.45) is 3.13. The van der Waals surface area contributed by atoms with Crippen molar-refractivity contribution >= 4 is 21.9 Å². The first-order chi connectivity index (χ1) is 9.63. The topological polar surface area (TPSA) is 59.4 Å². The van der Waals surface area contributed by atoms with Crippen molar-refractivity contribution in [3.63, 3.8) is 0 Å². The van der Waals surface area contributed by atoms with E-state index in [1.165, 1.54) is 11.6 Å². The number of aromatic carboxylic acids is 1. The maximum Gasteiger partial charge on any atom is 0.339 e. The Bertz CT molecular complexity index is 685. The van der Waals surface area contributed by atoms with Gasteiger partial charge in [0.15, 0.2) is 0 Å². The molecule has 1 heterocycles. The molecule has 2 aromatic rings. The number of benzene rings is 1. The van der Waals surface area contributed by atoms with E-state index in [4.69, 9.17) is 4.74 Å². The highest BCUT2D eigenvalue weighted by atomic mass is 79.9. The minimum atomic E-state index is -1.03. The van der Waals surface area contributed by atoms with Crippen molar-refractivity contribution < 1.29 is 14.6 Å². The van der Waals surface area contributed by atoms with Gasteiger partial charge in [0, 0.05) is 16.2 Å². The highest BCUT2D eigenvalue weighted by molar-refractivity contribution is 9.10. The Morgan fingerprint density at radius 1 is 1.25 bits per heavy atom. The highest BCUT2D eigenvalue weighted by Crippen LogP contribution is 2.29. The summed E-state index contributed by atoms with van der Waals surface area (Å²) >= 11 is 3.26. The van der Waals surface area contributed by atoms with Crippen LogP contribution in [0.25, 0.3) is 0 Å². The van der Waals surface area contributed by atoms with Gasteiger partial charge >= 0.3 is 5.97 Å². The lowest BCUT2D eigenvalue weighted by molar-refractivity contribution is 0.0694. The number of nitrogens with zero attached hydrogens (tertiary/aromatic N) is 1. The van der Waals surface area contributed by atoms with Crippen LogP contribution in [0.5, 0.6) is 11.6 Å². The summed E-state index contributed by atoms with van der Waals surface area (Å²) in [6, 6.07) is 8.68. The third kappa shape index (κ3) is 2.54. The molecule has 0 atom stereocenters. The molecule has 0 aliphatic heterocycles. The van der Waals surface area contributed by atoms with Gasteiger partial charge in [-0.1, -0.05) is 22.0 Å². The van der Waals surface area contributed by atoms with Gasteiger partial charge in [0.2, 0.25) is 5.88 Å². The van der Waals surface area contributed by atoms with Gasteiger partial charge in [-0.15, -0.1) is 0 Å². The molecule has 3 rings (SSSR count). The number of carbonyl (C=O) groups is 1. The molecule has 0 fully saturated rings. The molecule has 1 aliphatic rings. The number of halogens is 1. The zero-order valence-corrected chi connectivity index (χ0v) is 12.2. The Hall–Kier alpha value is -1.88. The van der Waals surface area contributed by atoms with E-state index >= 15 is 0 Å². The smallest absolute Gasteiger partial charge is 0.339 e. The van der Waals surface area contributed by atoms with E-state index < -0.39 is 5.97 Å². The second kappa shape index (κ2) is 5.25. The molecular weight excluding hydrogens is 322 g/mol. The molecule has 0 amide bonds. The average Bonchev–Trinajstić information content (AvgIpc) is 2.88. The van der Waals surface area contributed by atoms with Crippen LogP contribution in [0.15, 0.2) is 34.8 Å². The van der Waals surface area contributed by atoms with Crippen LogP contribution in [0, 0.1) is 0 Å². The van der Waals surface area contributed by atoms with Crippen molar-refractivity contribution in [1.29, 1.82) is 0 Å². The summed E-state index contributed by atoms with van der Waals surface area (Å²) in [5.41, 5.74) is 2.42. The van der Waals surface area contributed by atoms with Gasteiger partial charge in [-0.2, -0.15) is 0 Å². The Kier molecular flexibility index (Phi) is 3.44. The number of hydrogen-bond acceptors (Lipinski definition) is 3. The summed E-state index contributed by atoms with van der Waals surface area (Å²) in [7, 11) is 0. The minimum Gasteiger partial charge on any atom is -0.478 e. The van der Waals surface area contributed by atoms with E-state index in [9.17, 15) is 9.90 Å². The molecule has 1 aromatic carbocycles. The lowest BCUT2D eigenvalue weighted by Gasteiger charge is -2.09. The molecule has 0 bridgehead atoms. The first kappa shape index (κ1) is 13.1. The minimum absolute atomic E-state index is 0.113. The predicted molar refractivity (Wildman–Crippen MR) is 77.4 cm³/mol. The second-order valence-electron chi connectivity index (χ2n) is 4.66. The van der Waals surface area contributed by atoms with Crippen LogP contribution in [0.3, 0.4) is 0 Å². The molecule has 1 aliphatic carbocycles. The average molecular weight is 334 g/mol. The van der Waals surface area contributed by atoms with Crippen LogP contribution in [0.4, 0.5) is 0 Å². The van der Waals surface area contributed by atoms with Gasteiger partial charge in [0.1, 0.15) is 11.3 Å². The number of carboxylic acid groups (broad SMARTS) is 1. The van der Waals surface area contributed by atoms with Gasteiger partial charge in [0.05, 0.1) is 0 Å². The predicted octanol–water partition coefficient (Wildman–Crippen LogP) is 3.82. The summed E-state index contributed by atoms with van der Waals surface area (Å²) in [5, 5.41) is 9.20. The van der Waals surface area contributed by atoms with Crippen molar-refractivity contribution in [2.45, 2.75) is 19.3 Å².